The maximum Gasteiger partial charge on any atom is 0.217 e. The van der Waals surface area contributed by atoms with Crippen molar-refractivity contribution in [2.45, 2.75) is 44.7 Å². The first-order valence-corrected chi connectivity index (χ1v) is 7.27. The molecule has 0 spiro atoms. The molecule has 1 fully saturated rings. The molecule has 106 valence electrons. The minimum Gasteiger partial charge on any atom is -0.481 e. The van der Waals surface area contributed by atoms with Gasteiger partial charge in [0.2, 0.25) is 5.88 Å². The van der Waals surface area contributed by atoms with Gasteiger partial charge in [0, 0.05) is 37.4 Å². The highest BCUT2D eigenvalue weighted by atomic mass is 16.5. The van der Waals surface area contributed by atoms with Crippen LogP contribution in [0.15, 0.2) is 18.3 Å². The van der Waals surface area contributed by atoms with E-state index < -0.39 is 0 Å². The second-order valence-electron chi connectivity index (χ2n) is 5.22. The molecule has 1 aromatic heterocycles. The molecule has 0 aromatic carbocycles. The molecule has 1 saturated carbocycles. The first-order valence-electron chi connectivity index (χ1n) is 7.27. The molecule has 4 nitrogen and oxygen atoms in total. The zero-order valence-corrected chi connectivity index (χ0v) is 11.8. The minimum absolute atomic E-state index is 0.669. The summed E-state index contributed by atoms with van der Waals surface area (Å²) in [5.74, 6) is 0.736. The van der Waals surface area contributed by atoms with Gasteiger partial charge >= 0.3 is 0 Å². The van der Waals surface area contributed by atoms with Gasteiger partial charge in [0.25, 0.3) is 0 Å². The van der Waals surface area contributed by atoms with Crippen LogP contribution in [0.1, 0.15) is 37.7 Å². The van der Waals surface area contributed by atoms with E-state index in [1.54, 1.807) is 13.3 Å². The molecular formula is C15H25N3O. The highest BCUT2D eigenvalue weighted by Crippen LogP contribution is 2.25. The quantitative estimate of drug-likeness (QED) is 0.854. The summed E-state index contributed by atoms with van der Waals surface area (Å²) in [6, 6.07) is 4.74. The second-order valence-corrected chi connectivity index (χ2v) is 5.22. The lowest BCUT2D eigenvalue weighted by Crippen LogP contribution is -2.39. The smallest absolute Gasteiger partial charge is 0.217 e. The standard InChI is InChI=1S/C15H25N3O/c1-19-15-13(6-5-10-17-15)12-18(11-9-16)14-7-3-2-4-8-14/h5-6,10,14H,2-4,7-9,11-12,16H2,1H3. The summed E-state index contributed by atoms with van der Waals surface area (Å²) in [6.45, 7) is 2.54. The van der Waals surface area contributed by atoms with Gasteiger partial charge in [-0.05, 0) is 18.9 Å². The first kappa shape index (κ1) is 14.3. The van der Waals surface area contributed by atoms with Crippen molar-refractivity contribution >= 4 is 0 Å². The molecule has 0 saturated heterocycles. The van der Waals surface area contributed by atoms with Crippen molar-refractivity contribution in [1.29, 1.82) is 0 Å². The van der Waals surface area contributed by atoms with E-state index in [1.165, 1.54) is 32.1 Å². The average Bonchev–Trinajstić information content (AvgIpc) is 2.48. The van der Waals surface area contributed by atoms with E-state index in [-0.39, 0.29) is 0 Å². The molecule has 1 heterocycles. The summed E-state index contributed by atoms with van der Waals surface area (Å²) in [5, 5.41) is 0. The summed E-state index contributed by atoms with van der Waals surface area (Å²) in [7, 11) is 1.68. The Hall–Kier alpha value is -1.13. The van der Waals surface area contributed by atoms with Crippen LogP contribution in [0, 0.1) is 0 Å². The van der Waals surface area contributed by atoms with Crippen LogP contribution in [0.25, 0.3) is 0 Å². The van der Waals surface area contributed by atoms with Crippen LogP contribution in [-0.4, -0.2) is 36.1 Å². The van der Waals surface area contributed by atoms with E-state index in [0.717, 1.165) is 24.5 Å². The molecule has 0 amide bonds. The number of rotatable bonds is 6. The number of methoxy groups -OCH3 is 1. The van der Waals surface area contributed by atoms with Crippen LogP contribution in [0.3, 0.4) is 0 Å². The van der Waals surface area contributed by atoms with Crippen molar-refractivity contribution < 1.29 is 4.74 Å². The monoisotopic (exact) mass is 263 g/mol. The van der Waals surface area contributed by atoms with Crippen LogP contribution in [0.2, 0.25) is 0 Å². The van der Waals surface area contributed by atoms with Gasteiger partial charge in [-0.15, -0.1) is 0 Å². The first-order chi connectivity index (χ1) is 9.35. The van der Waals surface area contributed by atoms with Crippen molar-refractivity contribution in [2.75, 3.05) is 20.2 Å². The zero-order valence-electron chi connectivity index (χ0n) is 11.8. The number of nitrogens with two attached hydrogens (primary N) is 1. The third kappa shape index (κ3) is 3.91. The Morgan fingerprint density at radius 2 is 2.16 bits per heavy atom. The number of aromatic nitrogens is 1. The molecule has 0 unspecified atom stereocenters. The zero-order chi connectivity index (χ0) is 13.5. The van der Waals surface area contributed by atoms with Gasteiger partial charge < -0.3 is 10.5 Å². The summed E-state index contributed by atoms with van der Waals surface area (Å²) in [6.07, 6.45) is 8.43. The van der Waals surface area contributed by atoms with Crippen LogP contribution in [0.4, 0.5) is 0 Å². The van der Waals surface area contributed by atoms with Gasteiger partial charge in [-0.25, -0.2) is 4.98 Å². The number of pyridine rings is 1. The van der Waals surface area contributed by atoms with Crippen molar-refractivity contribution in [3.8, 4) is 5.88 Å². The summed E-state index contributed by atoms with van der Waals surface area (Å²) in [5.41, 5.74) is 6.93. The van der Waals surface area contributed by atoms with Crippen molar-refractivity contribution in [3.05, 3.63) is 23.9 Å². The van der Waals surface area contributed by atoms with Crippen molar-refractivity contribution in [3.63, 3.8) is 0 Å². The second kappa shape index (κ2) is 7.46. The third-order valence-corrected chi connectivity index (χ3v) is 3.92. The maximum absolute atomic E-state index is 5.77. The largest absolute Gasteiger partial charge is 0.481 e. The Balaban J connectivity index is 2.06. The SMILES string of the molecule is COc1ncccc1CN(CCN)C1CCCCC1. The lowest BCUT2D eigenvalue weighted by atomic mass is 9.94. The average molecular weight is 263 g/mol. The van der Waals surface area contributed by atoms with E-state index in [1.807, 2.05) is 6.07 Å². The fraction of sp³-hybridized carbons (Fsp3) is 0.667. The van der Waals surface area contributed by atoms with Crippen molar-refractivity contribution in [2.24, 2.45) is 5.73 Å². The third-order valence-electron chi connectivity index (χ3n) is 3.92. The molecule has 0 radical (unpaired) electrons. The van der Waals surface area contributed by atoms with Gasteiger partial charge in [-0.2, -0.15) is 0 Å². The summed E-state index contributed by atoms with van der Waals surface area (Å²) < 4.78 is 5.34. The molecule has 19 heavy (non-hydrogen) atoms. The topological polar surface area (TPSA) is 51.4 Å². The Morgan fingerprint density at radius 3 is 2.84 bits per heavy atom. The molecule has 2 rings (SSSR count). The van der Waals surface area contributed by atoms with Gasteiger partial charge in [-0.3, -0.25) is 4.90 Å². The number of nitrogens with zero attached hydrogens (tertiary/aromatic N) is 2. The molecule has 4 heteroatoms. The van der Waals surface area contributed by atoms with E-state index >= 15 is 0 Å². The highest BCUT2D eigenvalue weighted by Gasteiger charge is 2.21. The van der Waals surface area contributed by atoms with E-state index in [9.17, 15) is 0 Å². The Bertz CT molecular complexity index is 377. The number of ether oxygens (including phenoxy) is 1. The number of hydrogen-bond donors (Lipinski definition) is 1. The molecule has 2 N–H and O–H groups in total. The van der Waals surface area contributed by atoms with Gasteiger partial charge in [0.1, 0.15) is 0 Å². The normalized spacial score (nSPS) is 16.8. The number of hydrogen-bond acceptors (Lipinski definition) is 4. The predicted octanol–water partition coefficient (Wildman–Crippen LogP) is 2.18. The van der Waals surface area contributed by atoms with E-state index in [0.29, 0.717) is 12.6 Å². The molecule has 0 bridgehead atoms. The maximum atomic E-state index is 5.77. The van der Waals surface area contributed by atoms with Gasteiger partial charge in [0.05, 0.1) is 7.11 Å². The predicted molar refractivity (Wildman–Crippen MR) is 77.1 cm³/mol. The molecule has 0 atom stereocenters. The lowest BCUT2D eigenvalue weighted by molar-refractivity contribution is 0.150. The van der Waals surface area contributed by atoms with Crippen molar-refractivity contribution in [1.82, 2.24) is 9.88 Å². The fourth-order valence-corrected chi connectivity index (χ4v) is 2.95. The Morgan fingerprint density at radius 1 is 1.37 bits per heavy atom. The molecule has 1 aliphatic carbocycles. The van der Waals surface area contributed by atoms with Crippen LogP contribution >= 0.6 is 0 Å². The van der Waals surface area contributed by atoms with Gasteiger partial charge in [-0.1, -0.05) is 25.3 Å². The van der Waals surface area contributed by atoms with Crippen LogP contribution < -0.4 is 10.5 Å². The highest BCUT2D eigenvalue weighted by molar-refractivity contribution is 5.25. The Kier molecular flexibility index (Phi) is 5.61. The van der Waals surface area contributed by atoms with E-state index in [2.05, 4.69) is 16.0 Å². The molecule has 1 aromatic rings. The lowest BCUT2D eigenvalue weighted by Gasteiger charge is -2.34. The summed E-state index contributed by atoms with van der Waals surface area (Å²) >= 11 is 0. The van der Waals surface area contributed by atoms with Gasteiger partial charge in [0.15, 0.2) is 0 Å². The van der Waals surface area contributed by atoms with Crippen LogP contribution in [-0.2, 0) is 6.54 Å². The van der Waals surface area contributed by atoms with Crippen LogP contribution in [0.5, 0.6) is 5.88 Å². The fourth-order valence-electron chi connectivity index (χ4n) is 2.95. The van der Waals surface area contributed by atoms with E-state index in [4.69, 9.17) is 10.5 Å². The molecular weight excluding hydrogens is 238 g/mol. The molecule has 0 aliphatic heterocycles. The Labute approximate surface area is 116 Å². The summed E-state index contributed by atoms with van der Waals surface area (Å²) in [4.78, 5) is 6.77. The molecule has 1 aliphatic rings. The minimum atomic E-state index is 0.669.